The largest absolute Gasteiger partial charge is 0.321 e. The monoisotopic (exact) mass is 294 g/mol. The van der Waals surface area contributed by atoms with Gasteiger partial charge in [0.25, 0.3) is 0 Å². The maximum absolute atomic E-state index is 6.89. The van der Waals surface area contributed by atoms with Crippen LogP contribution in [-0.2, 0) is 6.42 Å². The van der Waals surface area contributed by atoms with Gasteiger partial charge >= 0.3 is 0 Å². The quantitative estimate of drug-likeness (QED) is 0.199. The van der Waals surface area contributed by atoms with E-state index in [0.29, 0.717) is 12.3 Å². The molecule has 114 valence electrons. The van der Waals surface area contributed by atoms with Crippen LogP contribution < -0.4 is 5.84 Å². The second kappa shape index (κ2) is 8.08. The van der Waals surface area contributed by atoms with Gasteiger partial charge in [-0.1, -0.05) is 54.1 Å². The second-order valence-corrected chi connectivity index (χ2v) is 5.43. The average Bonchev–Trinajstić information content (AvgIpc) is 2.55. The molecule has 0 fully saturated rings. The zero-order chi connectivity index (χ0) is 15.8. The summed E-state index contributed by atoms with van der Waals surface area (Å²) in [5.74, 6) is 5.55. The number of benzene rings is 2. The highest BCUT2D eigenvalue weighted by molar-refractivity contribution is 5.81. The van der Waals surface area contributed by atoms with Crippen molar-refractivity contribution in [1.29, 1.82) is 5.53 Å². The fraction of sp³-hybridized carbons (Fsp3) is 0.278. The lowest BCUT2D eigenvalue weighted by atomic mass is 10.00. The molecule has 3 N–H and O–H groups in total. The Bertz CT molecular complexity index is 644. The summed E-state index contributed by atoms with van der Waals surface area (Å²) in [5, 5.41) is 6.74. The van der Waals surface area contributed by atoms with Gasteiger partial charge in [-0.15, -0.1) is 5.11 Å². The van der Waals surface area contributed by atoms with Gasteiger partial charge in [-0.25, -0.2) is 5.53 Å². The maximum Gasteiger partial charge on any atom is 0.169 e. The first-order valence-corrected chi connectivity index (χ1v) is 7.53. The van der Waals surface area contributed by atoms with Gasteiger partial charge in [-0.2, -0.15) is 5.10 Å². The fourth-order valence-electron chi connectivity index (χ4n) is 2.45. The molecule has 0 aliphatic heterocycles. The lowest BCUT2D eigenvalue weighted by molar-refractivity contribution is 0.755. The summed E-state index contributed by atoms with van der Waals surface area (Å²) in [6, 6.07) is 17.3. The molecule has 0 heterocycles. The fourth-order valence-corrected chi connectivity index (χ4v) is 2.45. The Hall–Kier alpha value is -2.49. The highest BCUT2D eigenvalue weighted by atomic mass is 15.2. The number of hydrogen-bond acceptors (Lipinski definition) is 3. The van der Waals surface area contributed by atoms with E-state index in [4.69, 9.17) is 11.4 Å². The lowest BCUT2D eigenvalue weighted by Gasteiger charge is -2.05. The highest BCUT2D eigenvalue weighted by Crippen LogP contribution is 2.21. The molecule has 0 saturated heterocycles. The SMILES string of the molecule is Cc1cccc(-c2ccc(CCCC/C(N=N)=N/N)cc2)c1. The van der Waals surface area contributed by atoms with Crippen molar-refractivity contribution < 1.29 is 0 Å². The van der Waals surface area contributed by atoms with E-state index in [1.165, 1.54) is 22.3 Å². The minimum absolute atomic E-state index is 0.412. The standard InChI is InChI=1S/C18H22N4/c1-14-5-4-7-17(13-14)16-11-9-15(10-12-16)6-2-3-8-18(21-19)22-20/h4-5,7,9-13,19H,2-3,6,8,20H2,1H3/b21-19?,22-18-. The number of amidine groups is 1. The van der Waals surface area contributed by atoms with Crippen molar-refractivity contribution >= 4 is 5.84 Å². The number of nitrogens with one attached hydrogen (secondary N) is 1. The Labute approximate surface area is 131 Å². The van der Waals surface area contributed by atoms with Gasteiger partial charge in [0.2, 0.25) is 0 Å². The lowest BCUT2D eigenvalue weighted by Crippen LogP contribution is -1.98. The van der Waals surface area contributed by atoms with E-state index in [2.05, 4.69) is 65.7 Å². The summed E-state index contributed by atoms with van der Waals surface area (Å²) in [6.07, 6.45) is 3.67. The highest BCUT2D eigenvalue weighted by Gasteiger charge is 2.00. The molecular formula is C18H22N4. The van der Waals surface area contributed by atoms with Crippen molar-refractivity contribution in [1.82, 2.24) is 0 Å². The first kappa shape index (κ1) is 15.9. The third-order valence-electron chi connectivity index (χ3n) is 3.70. The first-order valence-electron chi connectivity index (χ1n) is 7.53. The van der Waals surface area contributed by atoms with Crippen LogP contribution in [0.1, 0.15) is 30.4 Å². The van der Waals surface area contributed by atoms with Crippen molar-refractivity contribution in [3.63, 3.8) is 0 Å². The summed E-state index contributed by atoms with van der Waals surface area (Å²) in [7, 11) is 0. The van der Waals surface area contributed by atoms with Crippen LogP contribution >= 0.6 is 0 Å². The maximum atomic E-state index is 6.89. The molecule has 0 bridgehead atoms. The van der Waals surface area contributed by atoms with Gasteiger partial charge in [0.05, 0.1) is 0 Å². The molecule has 0 aromatic heterocycles. The molecule has 2 aromatic carbocycles. The van der Waals surface area contributed by atoms with Crippen molar-refractivity contribution in [2.24, 2.45) is 16.1 Å². The number of hydrazone groups is 1. The molecule has 2 rings (SSSR count). The molecule has 0 aliphatic carbocycles. The Kier molecular flexibility index (Phi) is 5.83. The topological polar surface area (TPSA) is 74.6 Å². The van der Waals surface area contributed by atoms with E-state index in [9.17, 15) is 0 Å². The Balaban J connectivity index is 1.88. The molecule has 0 amide bonds. The van der Waals surface area contributed by atoms with E-state index in [1.807, 2.05) is 0 Å². The number of hydrogen-bond donors (Lipinski definition) is 2. The number of unbranched alkanes of at least 4 members (excludes halogenated alkanes) is 1. The predicted molar refractivity (Wildman–Crippen MR) is 90.9 cm³/mol. The van der Waals surface area contributed by atoms with E-state index in [0.717, 1.165) is 19.3 Å². The number of rotatable bonds is 6. The van der Waals surface area contributed by atoms with Gasteiger partial charge in [-0.3, -0.25) is 0 Å². The zero-order valence-corrected chi connectivity index (χ0v) is 12.9. The smallest absolute Gasteiger partial charge is 0.169 e. The minimum atomic E-state index is 0.412. The molecule has 0 atom stereocenters. The van der Waals surface area contributed by atoms with Gasteiger partial charge in [0, 0.05) is 6.42 Å². The number of aryl methyl sites for hydroxylation is 2. The molecule has 0 saturated carbocycles. The van der Waals surface area contributed by atoms with Crippen molar-refractivity contribution in [3.8, 4) is 11.1 Å². The van der Waals surface area contributed by atoms with Crippen LogP contribution in [0, 0.1) is 12.5 Å². The van der Waals surface area contributed by atoms with Crippen molar-refractivity contribution in [2.75, 3.05) is 0 Å². The third-order valence-corrected chi connectivity index (χ3v) is 3.70. The van der Waals surface area contributed by atoms with E-state index >= 15 is 0 Å². The van der Waals surface area contributed by atoms with E-state index in [-0.39, 0.29) is 0 Å². The molecule has 0 unspecified atom stereocenters. The van der Waals surface area contributed by atoms with Crippen LogP contribution in [-0.4, -0.2) is 5.84 Å². The molecule has 22 heavy (non-hydrogen) atoms. The van der Waals surface area contributed by atoms with Gasteiger partial charge in [0.1, 0.15) is 0 Å². The van der Waals surface area contributed by atoms with Crippen LogP contribution in [0.4, 0.5) is 0 Å². The molecular weight excluding hydrogens is 272 g/mol. The predicted octanol–water partition coefficient (Wildman–Crippen LogP) is 4.68. The van der Waals surface area contributed by atoms with E-state index in [1.54, 1.807) is 0 Å². The average molecular weight is 294 g/mol. The van der Waals surface area contributed by atoms with E-state index < -0.39 is 0 Å². The summed E-state index contributed by atoms with van der Waals surface area (Å²) >= 11 is 0. The zero-order valence-electron chi connectivity index (χ0n) is 12.9. The minimum Gasteiger partial charge on any atom is -0.321 e. The molecule has 4 nitrogen and oxygen atoms in total. The van der Waals surface area contributed by atoms with Gasteiger partial charge in [0.15, 0.2) is 5.84 Å². The van der Waals surface area contributed by atoms with Crippen LogP contribution in [0.5, 0.6) is 0 Å². The Morgan fingerprint density at radius 1 is 1.05 bits per heavy atom. The third kappa shape index (κ3) is 4.52. The summed E-state index contributed by atoms with van der Waals surface area (Å²) in [4.78, 5) is 0. The van der Waals surface area contributed by atoms with Crippen molar-refractivity contribution in [3.05, 3.63) is 59.7 Å². The Morgan fingerprint density at radius 2 is 1.82 bits per heavy atom. The van der Waals surface area contributed by atoms with Gasteiger partial charge < -0.3 is 5.84 Å². The van der Waals surface area contributed by atoms with Crippen molar-refractivity contribution in [2.45, 2.75) is 32.6 Å². The summed E-state index contributed by atoms with van der Waals surface area (Å²) in [5.41, 5.74) is 12.0. The van der Waals surface area contributed by atoms with Crippen LogP contribution in [0.25, 0.3) is 11.1 Å². The second-order valence-electron chi connectivity index (χ2n) is 5.43. The van der Waals surface area contributed by atoms with Gasteiger partial charge in [-0.05, 0) is 42.9 Å². The number of nitrogens with zero attached hydrogens (tertiary/aromatic N) is 2. The molecule has 0 radical (unpaired) electrons. The molecule has 0 spiro atoms. The molecule has 2 aromatic rings. The number of nitrogens with two attached hydrogens (primary N) is 1. The van der Waals surface area contributed by atoms with Crippen LogP contribution in [0.15, 0.2) is 58.7 Å². The molecule has 0 aliphatic rings. The normalized spacial score (nSPS) is 11.4. The summed E-state index contributed by atoms with van der Waals surface area (Å²) in [6.45, 7) is 2.11. The van der Waals surface area contributed by atoms with Crippen LogP contribution in [0.2, 0.25) is 0 Å². The molecule has 4 heteroatoms. The first-order chi connectivity index (χ1) is 10.7. The Morgan fingerprint density at radius 3 is 2.45 bits per heavy atom. The summed E-state index contributed by atoms with van der Waals surface area (Å²) < 4.78 is 0. The van der Waals surface area contributed by atoms with Crippen LogP contribution in [0.3, 0.4) is 0 Å².